The summed E-state index contributed by atoms with van der Waals surface area (Å²) in [4.78, 5) is 13.9. The minimum Gasteiger partial charge on any atom is -0.368 e. The molecule has 1 aromatic rings. The van der Waals surface area contributed by atoms with E-state index in [0.29, 0.717) is 23.1 Å². The monoisotopic (exact) mass is 249 g/mol. The lowest BCUT2D eigenvalue weighted by Gasteiger charge is -2.26. The van der Waals surface area contributed by atoms with E-state index >= 15 is 0 Å². The fourth-order valence-electron chi connectivity index (χ4n) is 2.82. The van der Waals surface area contributed by atoms with Crippen molar-refractivity contribution in [2.24, 2.45) is 5.92 Å². The van der Waals surface area contributed by atoms with E-state index in [2.05, 4.69) is 18.7 Å². The molecule has 2 unspecified atom stereocenters. The summed E-state index contributed by atoms with van der Waals surface area (Å²) in [6.45, 7) is 8.55. The highest BCUT2D eigenvalue weighted by Gasteiger charge is 2.28. The zero-order chi connectivity index (χ0) is 13.4. The number of halogens is 1. The van der Waals surface area contributed by atoms with E-state index in [1.807, 2.05) is 0 Å². The maximum atomic E-state index is 13.6. The molecular formula is C15H20FNO. The first-order valence-electron chi connectivity index (χ1n) is 6.48. The van der Waals surface area contributed by atoms with E-state index in [1.54, 1.807) is 13.0 Å². The topological polar surface area (TPSA) is 20.3 Å². The van der Waals surface area contributed by atoms with Crippen LogP contribution in [-0.2, 0) is 0 Å². The van der Waals surface area contributed by atoms with Crippen LogP contribution >= 0.6 is 0 Å². The van der Waals surface area contributed by atoms with E-state index in [4.69, 9.17) is 0 Å². The van der Waals surface area contributed by atoms with Gasteiger partial charge in [0, 0.05) is 23.8 Å². The van der Waals surface area contributed by atoms with Crippen LogP contribution in [0, 0.1) is 18.7 Å². The molecule has 1 aromatic carbocycles. The third-order valence-corrected chi connectivity index (χ3v) is 3.75. The molecule has 3 heteroatoms. The van der Waals surface area contributed by atoms with Crippen LogP contribution in [0.3, 0.4) is 0 Å². The van der Waals surface area contributed by atoms with Gasteiger partial charge < -0.3 is 4.90 Å². The molecule has 2 rings (SSSR count). The van der Waals surface area contributed by atoms with Gasteiger partial charge in [-0.25, -0.2) is 4.39 Å². The van der Waals surface area contributed by atoms with Crippen molar-refractivity contribution >= 4 is 11.5 Å². The zero-order valence-corrected chi connectivity index (χ0v) is 11.5. The van der Waals surface area contributed by atoms with Gasteiger partial charge in [0.25, 0.3) is 0 Å². The van der Waals surface area contributed by atoms with Gasteiger partial charge in [0.05, 0.1) is 0 Å². The van der Waals surface area contributed by atoms with Gasteiger partial charge in [0.15, 0.2) is 5.78 Å². The summed E-state index contributed by atoms with van der Waals surface area (Å²) in [6.07, 6.45) is 1.12. The van der Waals surface area contributed by atoms with Gasteiger partial charge in [-0.05, 0) is 50.8 Å². The zero-order valence-electron chi connectivity index (χ0n) is 11.5. The fraction of sp³-hybridized carbons (Fsp3) is 0.533. The van der Waals surface area contributed by atoms with Gasteiger partial charge >= 0.3 is 0 Å². The van der Waals surface area contributed by atoms with Crippen molar-refractivity contribution in [1.29, 1.82) is 0 Å². The van der Waals surface area contributed by atoms with Crippen LogP contribution in [0.2, 0.25) is 0 Å². The van der Waals surface area contributed by atoms with Gasteiger partial charge in [0.2, 0.25) is 0 Å². The lowest BCUT2D eigenvalue weighted by atomic mass is 10.0. The Morgan fingerprint density at radius 2 is 2.06 bits per heavy atom. The van der Waals surface area contributed by atoms with Crippen molar-refractivity contribution in [2.45, 2.75) is 40.2 Å². The van der Waals surface area contributed by atoms with Crippen molar-refractivity contribution in [2.75, 3.05) is 11.4 Å². The molecule has 0 saturated carbocycles. The number of carbonyl (C=O) groups excluding carboxylic acids is 1. The smallest absolute Gasteiger partial charge is 0.161 e. The first-order valence-corrected chi connectivity index (χ1v) is 6.48. The molecular weight excluding hydrogens is 229 g/mol. The number of hydrogen-bond donors (Lipinski definition) is 0. The molecule has 0 aromatic heterocycles. The minimum absolute atomic E-state index is 0.0735. The summed E-state index contributed by atoms with van der Waals surface area (Å²) in [5.41, 5.74) is 1.99. The predicted octanol–water partition coefficient (Wildman–Crippen LogP) is 3.57. The minimum atomic E-state index is -0.302. The summed E-state index contributed by atoms with van der Waals surface area (Å²) >= 11 is 0. The fourth-order valence-corrected chi connectivity index (χ4v) is 2.82. The molecule has 1 saturated heterocycles. The normalized spacial score (nSPS) is 23.5. The third kappa shape index (κ3) is 2.26. The highest BCUT2D eigenvalue weighted by Crippen LogP contribution is 2.33. The number of carbonyl (C=O) groups is 1. The van der Waals surface area contributed by atoms with Crippen molar-refractivity contribution in [1.82, 2.24) is 0 Å². The van der Waals surface area contributed by atoms with Crippen LogP contribution in [-0.4, -0.2) is 18.4 Å². The van der Waals surface area contributed by atoms with E-state index in [1.165, 1.54) is 13.0 Å². The second kappa shape index (κ2) is 4.71. The van der Waals surface area contributed by atoms with Gasteiger partial charge in [-0.3, -0.25) is 4.79 Å². The van der Waals surface area contributed by atoms with Gasteiger partial charge in [-0.15, -0.1) is 0 Å². The van der Waals surface area contributed by atoms with E-state index in [0.717, 1.165) is 18.7 Å². The molecule has 0 bridgehead atoms. The molecule has 0 spiro atoms. The van der Waals surface area contributed by atoms with Gasteiger partial charge in [0.1, 0.15) is 5.82 Å². The van der Waals surface area contributed by atoms with Crippen LogP contribution in [0.5, 0.6) is 0 Å². The number of hydrogen-bond acceptors (Lipinski definition) is 2. The highest BCUT2D eigenvalue weighted by molar-refractivity contribution is 6.00. The second-order valence-electron chi connectivity index (χ2n) is 5.52. The lowest BCUT2D eigenvalue weighted by Crippen LogP contribution is -2.28. The molecule has 98 valence electrons. The molecule has 18 heavy (non-hydrogen) atoms. The molecule has 0 N–H and O–H groups in total. The number of rotatable bonds is 2. The van der Waals surface area contributed by atoms with Crippen LogP contribution in [0.4, 0.5) is 10.1 Å². The van der Waals surface area contributed by atoms with Gasteiger partial charge in [-0.1, -0.05) is 6.92 Å². The number of nitrogens with zero attached hydrogens (tertiary/aromatic N) is 1. The molecule has 0 aliphatic carbocycles. The number of aryl methyl sites for hydroxylation is 1. The van der Waals surface area contributed by atoms with Crippen LogP contribution < -0.4 is 4.90 Å². The highest BCUT2D eigenvalue weighted by atomic mass is 19.1. The van der Waals surface area contributed by atoms with Crippen molar-refractivity contribution in [3.8, 4) is 0 Å². The number of benzene rings is 1. The number of ketones is 1. The van der Waals surface area contributed by atoms with Crippen molar-refractivity contribution < 1.29 is 9.18 Å². The van der Waals surface area contributed by atoms with Gasteiger partial charge in [-0.2, -0.15) is 0 Å². The summed E-state index contributed by atoms with van der Waals surface area (Å²) in [7, 11) is 0. The van der Waals surface area contributed by atoms with Crippen molar-refractivity contribution in [3.63, 3.8) is 0 Å². The molecule has 1 heterocycles. The third-order valence-electron chi connectivity index (χ3n) is 3.75. The van der Waals surface area contributed by atoms with Crippen LogP contribution in [0.25, 0.3) is 0 Å². The van der Waals surface area contributed by atoms with Crippen LogP contribution in [0.1, 0.15) is 43.1 Å². The Balaban J connectivity index is 2.49. The first-order chi connectivity index (χ1) is 8.40. The first kappa shape index (κ1) is 13.1. The Kier molecular flexibility index (Phi) is 3.42. The van der Waals surface area contributed by atoms with Crippen molar-refractivity contribution in [3.05, 3.63) is 29.1 Å². The second-order valence-corrected chi connectivity index (χ2v) is 5.52. The van der Waals surface area contributed by atoms with E-state index in [9.17, 15) is 9.18 Å². The molecule has 1 aliphatic rings. The van der Waals surface area contributed by atoms with E-state index in [-0.39, 0.29) is 11.6 Å². The predicted molar refractivity (Wildman–Crippen MR) is 71.7 cm³/mol. The quantitative estimate of drug-likeness (QED) is 0.747. The lowest BCUT2D eigenvalue weighted by molar-refractivity contribution is 0.101. The Morgan fingerprint density at radius 1 is 1.39 bits per heavy atom. The largest absolute Gasteiger partial charge is 0.368 e. The SMILES string of the molecule is CC(=O)c1cc(F)c(C)cc1N1CC(C)CC1C. The summed E-state index contributed by atoms with van der Waals surface area (Å²) in [6, 6.07) is 3.59. The summed E-state index contributed by atoms with van der Waals surface area (Å²) < 4.78 is 13.6. The maximum Gasteiger partial charge on any atom is 0.161 e. The average Bonchev–Trinajstić information content (AvgIpc) is 2.61. The molecule has 0 amide bonds. The Bertz CT molecular complexity index is 484. The Hall–Kier alpha value is -1.38. The Morgan fingerprint density at radius 3 is 2.56 bits per heavy atom. The van der Waals surface area contributed by atoms with Crippen LogP contribution in [0.15, 0.2) is 12.1 Å². The average molecular weight is 249 g/mol. The number of Topliss-reactive ketones (excluding diaryl/α,β-unsaturated/α-hetero) is 1. The molecule has 2 atom stereocenters. The standard InChI is InChI=1S/C15H20FNO/c1-9-5-11(3)17(8-9)15-6-10(2)14(16)7-13(15)12(4)18/h6-7,9,11H,5,8H2,1-4H3. The van der Waals surface area contributed by atoms with E-state index < -0.39 is 0 Å². The maximum absolute atomic E-state index is 13.6. The number of anilines is 1. The molecule has 2 nitrogen and oxygen atoms in total. The molecule has 0 radical (unpaired) electrons. The summed E-state index contributed by atoms with van der Waals surface area (Å²) in [5.74, 6) is 0.240. The molecule has 1 aliphatic heterocycles. The molecule has 1 fully saturated rings. The Labute approximate surface area is 108 Å². The summed E-state index contributed by atoms with van der Waals surface area (Å²) in [5, 5.41) is 0.